The largest absolute Gasteiger partial charge is 2.00 e. The van der Waals surface area contributed by atoms with Crippen molar-refractivity contribution in [1.29, 1.82) is 0 Å². The summed E-state index contributed by atoms with van der Waals surface area (Å²) in [5.41, 5.74) is 0. The quantitative estimate of drug-likeness (QED) is 0.273. The van der Waals surface area contributed by atoms with Gasteiger partial charge in [-0.25, -0.2) is 0 Å². The second kappa shape index (κ2) is 26.8. The molecule has 26 heavy (non-hydrogen) atoms. The van der Waals surface area contributed by atoms with E-state index in [4.69, 9.17) is 74.5 Å². The summed E-state index contributed by atoms with van der Waals surface area (Å²) in [7, 11) is 0. The van der Waals surface area contributed by atoms with Gasteiger partial charge in [-0.15, -0.1) is 0 Å². The first kappa shape index (κ1) is 38.5. The van der Waals surface area contributed by atoms with Gasteiger partial charge < -0.3 is 89.2 Å². The number of hydrogen-bond acceptors (Lipinski definition) is 6. The number of nitrogens with zero attached hydrogens (tertiary/aromatic N) is 3. The Labute approximate surface area is 227 Å². The maximum Gasteiger partial charge on any atom is 2.00 e. The third-order valence-corrected chi connectivity index (χ3v) is 4.61. The van der Waals surface area contributed by atoms with Crippen molar-refractivity contribution >= 4 is 87.5 Å². The first-order valence-corrected chi connectivity index (χ1v) is 10.5. The average Bonchev–Trinajstić information content (AvgIpc) is 2.51. The zero-order chi connectivity index (χ0) is 19.7. The van der Waals surface area contributed by atoms with E-state index in [1.165, 1.54) is 0 Å². The first-order chi connectivity index (χ1) is 11.2. The number of hydrogen-bond donors (Lipinski definition) is 0. The van der Waals surface area contributed by atoms with Crippen LogP contribution in [0.15, 0.2) is 0 Å². The van der Waals surface area contributed by atoms with Gasteiger partial charge in [0.15, 0.2) is 0 Å². The van der Waals surface area contributed by atoms with E-state index in [-0.39, 0.29) is 46.6 Å². The van der Waals surface area contributed by atoms with Crippen LogP contribution >= 0.6 is 36.7 Å². The molecule has 153 valence electrons. The van der Waals surface area contributed by atoms with Gasteiger partial charge in [-0.1, -0.05) is 13.0 Å². The molecule has 0 aliphatic heterocycles. The van der Waals surface area contributed by atoms with Crippen molar-refractivity contribution < 1.29 is 46.6 Å². The minimum Gasteiger partial charge on any atom is -0.411 e. The molecule has 1 radical (unpaired) electrons. The molecule has 0 N–H and O–H groups in total. The molecular weight excluding hydrogens is 501 g/mol. The van der Waals surface area contributed by atoms with Crippen LogP contribution in [0.3, 0.4) is 0 Å². The van der Waals surface area contributed by atoms with Crippen molar-refractivity contribution in [2.45, 2.75) is 41.5 Å². The van der Waals surface area contributed by atoms with Crippen molar-refractivity contribution in [3.05, 3.63) is 0 Å². The van der Waals surface area contributed by atoms with Gasteiger partial charge in [-0.05, 0) is 41.5 Å². The van der Waals surface area contributed by atoms with Gasteiger partial charge in [0.2, 0.25) is 0 Å². The van der Waals surface area contributed by atoms with E-state index in [0.717, 1.165) is 39.3 Å². The van der Waals surface area contributed by atoms with Gasteiger partial charge in [0.1, 0.15) is 0 Å². The Morgan fingerprint density at radius 3 is 0.654 bits per heavy atom. The molecule has 11 heteroatoms. The number of thiocarbonyl (C=S) groups is 3. The fraction of sp³-hybridized carbons (Fsp3) is 0.800. The molecule has 0 aromatic heterocycles. The predicted octanol–water partition coefficient (Wildman–Crippen LogP) is 0.482. The molecule has 0 fully saturated rings. The average molecular weight is 531 g/mol. The Morgan fingerprint density at radius 2 is 0.654 bits per heavy atom. The summed E-state index contributed by atoms with van der Waals surface area (Å²) in [4.78, 5) is 5.89. The van der Waals surface area contributed by atoms with E-state index in [2.05, 4.69) is 0 Å². The van der Waals surface area contributed by atoms with E-state index in [1.807, 2.05) is 56.2 Å². The molecule has 0 spiro atoms. The molecule has 0 aromatic rings. The van der Waals surface area contributed by atoms with Crippen LogP contribution in [-0.4, -0.2) is 66.9 Å². The molecule has 0 heterocycles. The molecule has 0 bridgehead atoms. The van der Waals surface area contributed by atoms with Gasteiger partial charge in [-0.2, -0.15) is 0 Å². The molecule has 0 rings (SSSR count). The Morgan fingerprint density at radius 1 is 0.538 bits per heavy atom. The summed E-state index contributed by atoms with van der Waals surface area (Å²) in [6.45, 7) is 17.8. The Hall–Kier alpha value is 1.85. The van der Waals surface area contributed by atoms with Crippen LogP contribution in [0.2, 0.25) is 0 Å². The van der Waals surface area contributed by atoms with Gasteiger partial charge >= 0.3 is 46.6 Å². The molecule has 0 aliphatic rings. The molecule has 0 saturated heterocycles. The Bertz CT molecular complexity index is 300. The van der Waals surface area contributed by atoms with Crippen molar-refractivity contribution in [1.82, 2.24) is 14.7 Å². The van der Waals surface area contributed by atoms with Crippen LogP contribution in [0.25, 0.3) is 0 Å². The van der Waals surface area contributed by atoms with E-state index in [9.17, 15) is 0 Å². The van der Waals surface area contributed by atoms with Crippen LogP contribution in [-0.2, 0) is 55.0 Å². The van der Waals surface area contributed by atoms with Crippen LogP contribution < -0.4 is 29.6 Å². The second-order valence-electron chi connectivity index (χ2n) is 4.31. The van der Waals surface area contributed by atoms with E-state index in [0.29, 0.717) is 13.0 Å². The predicted molar refractivity (Wildman–Crippen MR) is 129 cm³/mol. The molecule has 0 amide bonds. The third-order valence-electron chi connectivity index (χ3n) is 3.06. The fourth-order valence-electron chi connectivity index (χ4n) is 1.45. The van der Waals surface area contributed by atoms with Crippen molar-refractivity contribution in [2.24, 2.45) is 0 Å². The van der Waals surface area contributed by atoms with E-state index >= 15 is 0 Å². The zero-order valence-corrected chi connectivity index (χ0v) is 24.7. The fourth-order valence-corrected chi connectivity index (χ4v) is 2.99. The molecule has 3 nitrogen and oxygen atoms in total. The Kier molecular flexibility index (Phi) is 39.7. The third kappa shape index (κ3) is 23.9. The minimum atomic E-state index is 0. The molecule has 0 aromatic carbocycles. The monoisotopic (exact) mass is 530 g/mol. The first-order valence-electron chi connectivity index (χ1n) is 8.04. The normalized spacial score (nSPS) is 8.08. The van der Waals surface area contributed by atoms with Crippen LogP contribution in [0, 0.1) is 0 Å². The second-order valence-corrected chi connectivity index (χ2v) is 7.41. The molecular formula is C15H30CuN3NaS6. The molecule has 0 atom stereocenters. The smallest absolute Gasteiger partial charge is 0.411 e. The summed E-state index contributed by atoms with van der Waals surface area (Å²) < 4.78 is 1.74. The van der Waals surface area contributed by atoms with Crippen molar-refractivity contribution in [3.63, 3.8) is 0 Å². The molecule has 0 saturated carbocycles. The minimum absolute atomic E-state index is 0. The summed E-state index contributed by atoms with van der Waals surface area (Å²) in [6.07, 6.45) is 0. The van der Waals surface area contributed by atoms with Crippen LogP contribution in [0.5, 0.6) is 0 Å². The summed E-state index contributed by atoms with van der Waals surface area (Å²) >= 11 is 28.5. The zero-order valence-electron chi connectivity index (χ0n) is 16.8. The summed E-state index contributed by atoms with van der Waals surface area (Å²) in [5.74, 6) is 0. The van der Waals surface area contributed by atoms with Crippen molar-refractivity contribution in [3.8, 4) is 0 Å². The molecule has 0 aliphatic carbocycles. The van der Waals surface area contributed by atoms with Gasteiger partial charge in [0.05, 0.1) is 0 Å². The van der Waals surface area contributed by atoms with Gasteiger partial charge in [0, 0.05) is 39.3 Å². The van der Waals surface area contributed by atoms with Crippen molar-refractivity contribution in [2.75, 3.05) is 39.3 Å². The topological polar surface area (TPSA) is 9.72 Å². The van der Waals surface area contributed by atoms with E-state index in [1.54, 1.807) is 0 Å². The van der Waals surface area contributed by atoms with Gasteiger partial charge in [-0.3, -0.25) is 0 Å². The summed E-state index contributed by atoms with van der Waals surface area (Å²) in [5, 5.41) is 0. The van der Waals surface area contributed by atoms with E-state index < -0.39 is 0 Å². The summed E-state index contributed by atoms with van der Waals surface area (Å²) in [6, 6.07) is 0. The van der Waals surface area contributed by atoms with Gasteiger partial charge in [0.25, 0.3) is 0 Å². The maximum absolute atomic E-state index is 4.76. The number of rotatable bonds is 6. The standard InChI is InChI=1S/3C5H11NS2.Cu.Na/c3*1-3-6(4-2)5(7)8;;/h3*3-4H2,1-2H3,(H,7,8);;/q;;;+2;+1/p-3. The maximum atomic E-state index is 4.76. The SMILES string of the molecule is CCN(CC)C(=S)[S-].CCN(CC)C(=S)[S-].CCN(CC)C(=S)[S-].[Cu+2].[Na+]. The van der Waals surface area contributed by atoms with Crippen LogP contribution in [0.4, 0.5) is 0 Å². The Balaban J connectivity index is -0.0000000817. The molecule has 0 unspecified atom stereocenters. The van der Waals surface area contributed by atoms with Crippen LogP contribution in [0.1, 0.15) is 41.5 Å².